The second-order valence-electron chi connectivity index (χ2n) is 4.72. The fourth-order valence-electron chi connectivity index (χ4n) is 1.92. The van der Waals surface area contributed by atoms with Gasteiger partial charge in [-0.15, -0.1) is 0 Å². The van der Waals surface area contributed by atoms with E-state index in [2.05, 4.69) is 10.6 Å². The number of halogens is 2. The van der Waals surface area contributed by atoms with Gasteiger partial charge < -0.3 is 15.4 Å². The molecule has 2 rings (SSSR count). The first kappa shape index (κ1) is 16.1. The molecule has 116 valence electrons. The van der Waals surface area contributed by atoms with Crippen molar-refractivity contribution in [2.45, 2.75) is 13.0 Å². The number of rotatable bonds is 4. The van der Waals surface area contributed by atoms with Crippen molar-refractivity contribution in [2.24, 2.45) is 0 Å². The highest BCUT2D eigenvalue weighted by atomic mass is 35.5. The first-order valence-corrected chi connectivity index (χ1v) is 7.04. The first-order chi connectivity index (χ1) is 10.5. The van der Waals surface area contributed by atoms with Gasteiger partial charge in [-0.05, 0) is 42.8 Å². The van der Waals surface area contributed by atoms with Crippen LogP contribution in [0.3, 0.4) is 0 Å². The number of methoxy groups -OCH3 is 1. The molecule has 2 amide bonds. The summed E-state index contributed by atoms with van der Waals surface area (Å²) in [5.74, 6) is 0.156. The van der Waals surface area contributed by atoms with Crippen molar-refractivity contribution in [3.63, 3.8) is 0 Å². The van der Waals surface area contributed by atoms with Crippen molar-refractivity contribution in [3.8, 4) is 5.75 Å². The van der Waals surface area contributed by atoms with Crippen LogP contribution in [0.25, 0.3) is 0 Å². The van der Waals surface area contributed by atoms with Gasteiger partial charge in [-0.3, -0.25) is 0 Å². The molecule has 0 unspecified atom stereocenters. The van der Waals surface area contributed by atoms with Crippen molar-refractivity contribution in [1.82, 2.24) is 5.32 Å². The van der Waals surface area contributed by atoms with Crippen molar-refractivity contribution in [3.05, 3.63) is 58.9 Å². The molecule has 1 atom stereocenters. The maximum atomic E-state index is 13.6. The van der Waals surface area contributed by atoms with Crippen LogP contribution in [0.5, 0.6) is 5.75 Å². The standard InChI is InChI=1S/C16H16ClFN2O2/c1-10(11-3-6-13(22-2)7-4-11)19-16(21)20-15-8-5-12(17)9-14(15)18/h3-10H,1-2H3,(H2,19,20,21)/t10-/m0/s1. The Bertz CT molecular complexity index is 662. The van der Waals surface area contributed by atoms with Crippen LogP contribution in [-0.4, -0.2) is 13.1 Å². The van der Waals surface area contributed by atoms with E-state index in [4.69, 9.17) is 16.3 Å². The summed E-state index contributed by atoms with van der Waals surface area (Å²) in [7, 11) is 1.59. The molecule has 2 aromatic rings. The van der Waals surface area contributed by atoms with E-state index >= 15 is 0 Å². The third-order valence-electron chi connectivity index (χ3n) is 3.14. The molecule has 0 fully saturated rings. The number of hydrogen-bond donors (Lipinski definition) is 2. The number of carbonyl (C=O) groups excluding carboxylic acids is 1. The zero-order valence-corrected chi connectivity index (χ0v) is 12.9. The molecule has 22 heavy (non-hydrogen) atoms. The molecule has 0 aliphatic heterocycles. The number of anilines is 1. The maximum Gasteiger partial charge on any atom is 0.319 e. The topological polar surface area (TPSA) is 50.4 Å². The van der Waals surface area contributed by atoms with Gasteiger partial charge >= 0.3 is 6.03 Å². The minimum Gasteiger partial charge on any atom is -0.497 e. The summed E-state index contributed by atoms with van der Waals surface area (Å²) in [6.07, 6.45) is 0. The maximum absolute atomic E-state index is 13.6. The van der Waals surface area contributed by atoms with Crippen LogP contribution < -0.4 is 15.4 Å². The van der Waals surface area contributed by atoms with Crippen LogP contribution in [0.4, 0.5) is 14.9 Å². The van der Waals surface area contributed by atoms with Gasteiger partial charge in [-0.2, -0.15) is 0 Å². The van der Waals surface area contributed by atoms with E-state index in [1.54, 1.807) is 7.11 Å². The smallest absolute Gasteiger partial charge is 0.319 e. The van der Waals surface area contributed by atoms with Crippen molar-refractivity contribution < 1.29 is 13.9 Å². The molecule has 0 bridgehead atoms. The molecular weight excluding hydrogens is 307 g/mol. The Hall–Kier alpha value is -2.27. The third kappa shape index (κ3) is 4.11. The van der Waals surface area contributed by atoms with E-state index in [1.807, 2.05) is 31.2 Å². The number of carbonyl (C=O) groups is 1. The number of ether oxygens (including phenoxy) is 1. The van der Waals surface area contributed by atoms with Crippen molar-refractivity contribution >= 4 is 23.3 Å². The lowest BCUT2D eigenvalue weighted by Crippen LogP contribution is -2.31. The SMILES string of the molecule is COc1ccc([C@H](C)NC(=O)Nc2ccc(Cl)cc2F)cc1. The van der Waals surface area contributed by atoms with Crippen LogP contribution in [0.1, 0.15) is 18.5 Å². The molecule has 0 spiro atoms. The number of nitrogens with one attached hydrogen (secondary N) is 2. The molecule has 0 radical (unpaired) electrons. The highest BCUT2D eigenvalue weighted by molar-refractivity contribution is 6.30. The van der Waals surface area contributed by atoms with Gasteiger partial charge in [0.2, 0.25) is 0 Å². The third-order valence-corrected chi connectivity index (χ3v) is 3.38. The average Bonchev–Trinajstić information content (AvgIpc) is 2.50. The summed E-state index contributed by atoms with van der Waals surface area (Å²) in [6.45, 7) is 1.83. The first-order valence-electron chi connectivity index (χ1n) is 6.66. The number of benzene rings is 2. The Kier molecular flexibility index (Phi) is 5.22. The summed E-state index contributed by atoms with van der Waals surface area (Å²) in [5, 5.41) is 5.46. The lowest BCUT2D eigenvalue weighted by Gasteiger charge is -2.15. The highest BCUT2D eigenvalue weighted by Gasteiger charge is 2.11. The quantitative estimate of drug-likeness (QED) is 0.878. The largest absolute Gasteiger partial charge is 0.497 e. The molecule has 4 nitrogen and oxygen atoms in total. The predicted octanol–water partition coefficient (Wildman–Crippen LogP) is 4.37. The summed E-state index contributed by atoms with van der Waals surface area (Å²) in [4.78, 5) is 11.9. The molecule has 2 N–H and O–H groups in total. The van der Waals surface area contributed by atoms with Crippen molar-refractivity contribution in [1.29, 1.82) is 0 Å². The van der Waals surface area contributed by atoms with Gasteiger partial charge in [0.1, 0.15) is 11.6 Å². The molecule has 0 aromatic heterocycles. The van der Waals surface area contributed by atoms with E-state index in [9.17, 15) is 9.18 Å². The molecule has 0 heterocycles. The number of hydrogen-bond acceptors (Lipinski definition) is 2. The van der Waals surface area contributed by atoms with Crippen LogP contribution in [0.2, 0.25) is 5.02 Å². The normalized spacial score (nSPS) is 11.6. The summed E-state index contributed by atoms with van der Waals surface area (Å²) in [6, 6.07) is 10.7. The summed E-state index contributed by atoms with van der Waals surface area (Å²) in [5.41, 5.74) is 0.983. The number of amides is 2. The van der Waals surface area contributed by atoms with Gasteiger partial charge in [0, 0.05) is 5.02 Å². The number of urea groups is 1. The predicted molar refractivity (Wildman–Crippen MR) is 85.0 cm³/mol. The lowest BCUT2D eigenvalue weighted by atomic mass is 10.1. The Morgan fingerprint density at radius 3 is 2.50 bits per heavy atom. The average molecular weight is 323 g/mol. The molecular formula is C16H16ClFN2O2. The van der Waals surface area contributed by atoms with Gasteiger partial charge in [0.15, 0.2) is 0 Å². The fraction of sp³-hybridized carbons (Fsp3) is 0.188. The van der Waals surface area contributed by atoms with E-state index in [0.29, 0.717) is 0 Å². The van der Waals surface area contributed by atoms with Crippen LogP contribution in [0, 0.1) is 5.82 Å². The van der Waals surface area contributed by atoms with E-state index < -0.39 is 11.8 Å². The minimum absolute atomic E-state index is 0.0730. The molecule has 0 aliphatic carbocycles. The zero-order chi connectivity index (χ0) is 16.1. The molecule has 2 aromatic carbocycles. The monoisotopic (exact) mass is 322 g/mol. The fourth-order valence-corrected chi connectivity index (χ4v) is 2.08. The zero-order valence-electron chi connectivity index (χ0n) is 12.2. The van der Waals surface area contributed by atoms with Crippen LogP contribution in [0.15, 0.2) is 42.5 Å². The summed E-state index contributed by atoms with van der Waals surface area (Å²) < 4.78 is 18.7. The van der Waals surface area contributed by atoms with E-state index in [1.165, 1.54) is 12.1 Å². The van der Waals surface area contributed by atoms with E-state index in [-0.39, 0.29) is 16.8 Å². The molecule has 6 heteroatoms. The Labute approximate surface area is 133 Å². The van der Waals surface area contributed by atoms with Gasteiger partial charge in [0.25, 0.3) is 0 Å². The van der Waals surface area contributed by atoms with Crippen LogP contribution >= 0.6 is 11.6 Å². The Morgan fingerprint density at radius 1 is 1.23 bits per heavy atom. The second kappa shape index (κ2) is 7.13. The Morgan fingerprint density at radius 2 is 1.91 bits per heavy atom. The molecule has 0 saturated heterocycles. The van der Waals surface area contributed by atoms with E-state index in [0.717, 1.165) is 17.4 Å². The van der Waals surface area contributed by atoms with Crippen molar-refractivity contribution in [2.75, 3.05) is 12.4 Å². The molecule has 0 saturated carbocycles. The second-order valence-corrected chi connectivity index (χ2v) is 5.15. The minimum atomic E-state index is -0.584. The van der Waals surface area contributed by atoms with Gasteiger partial charge in [-0.25, -0.2) is 9.18 Å². The van der Waals surface area contributed by atoms with Crippen LogP contribution in [-0.2, 0) is 0 Å². The van der Waals surface area contributed by atoms with Gasteiger partial charge in [-0.1, -0.05) is 23.7 Å². The summed E-state index contributed by atoms with van der Waals surface area (Å²) >= 11 is 5.66. The molecule has 0 aliphatic rings. The highest BCUT2D eigenvalue weighted by Crippen LogP contribution is 2.20. The lowest BCUT2D eigenvalue weighted by molar-refractivity contribution is 0.249. The van der Waals surface area contributed by atoms with Gasteiger partial charge in [0.05, 0.1) is 18.8 Å². The Balaban J connectivity index is 1.98.